The van der Waals surface area contributed by atoms with Crippen LogP contribution in [-0.4, -0.2) is 13.4 Å². The molecule has 0 bridgehead atoms. The first-order chi connectivity index (χ1) is 11.8. The normalized spacial score (nSPS) is 11.3. The van der Waals surface area contributed by atoms with E-state index in [0.717, 1.165) is 16.1 Å². The molecule has 7 heteroatoms. The minimum atomic E-state index is -3.57. The number of aryl methyl sites for hydroxylation is 2. The molecular formula is C18H19N3O2S2. The monoisotopic (exact) mass is 373 g/mol. The van der Waals surface area contributed by atoms with Crippen molar-refractivity contribution in [2.75, 3.05) is 10.0 Å². The number of rotatable bonds is 5. The first-order valence-electron chi connectivity index (χ1n) is 7.74. The third kappa shape index (κ3) is 4.00. The number of pyridine rings is 1. The first kappa shape index (κ1) is 17.4. The van der Waals surface area contributed by atoms with E-state index in [1.54, 1.807) is 24.3 Å². The molecule has 5 nitrogen and oxygen atoms in total. The Labute approximate surface area is 151 Å². The topological polar surface area (TPSA) is 71.1 Å². The standard InChI is InChI=1S/C18H19N3O2S2/c1-12-5-4-6-16(14(12)3)20-17-9-8-15(11-19-17)21-25(22,23)18-10-7-13(2)24-18/h4-11,21H,1-3H3,(H,19,20). The summed E-state index contributed by atoms with van der Waals surface area (Å²) in [6.07, 6.45) is 1.51. The molecule has 1 aromatic carbocycles. The molecule has 0 atom stereocenters. The average Bonchev–Trinajstić information content (AvgIpc) is 3.01. The van der Waals surface area contributed by atoms with Gasteiger partial charge in [0.25, 0.3) is 10.0 Å². The largest absolute Gasteiger partial charge is 0.340 e. The molecule has 3 rings (SSSR count). The molecule has 0 fully saturated rings. The molecule has 0 saturated heterocycles. The van der Waals surface area contributed by atoms with Gasteiger partial charge in [-0.15, -0.1) is 11.3 Å². The van der Waals surface area contributed by atoms with Gasteiger partial charge in [-0.1, -0.05) is 12.1 Å². The summed E-state index contributed by atoms with van der Waals surface area (Å²) in [5.74, 6) is 0.656. The molecule has 0 spiro atoms. The SMILES string of the molecule is Cc1ccc(S(=O)(=O)Nc2ccc(Nc3cccc(C)c3C)nc2)s1. The van der Waals surface area contributed by atoms with E-state index in [4.69, 9.17) is 0 Å². The maximum Gasteiger partial charge on any atom is 0.271 e. The maximum atomic E-state index is 12.3. The number of aromatic nitrogens is 1. The lowest BCUT2D eigenvalue weighted by atomic mass is 10.1. The number of nitrogens with one attached hydrogen (secondary N) is 2. The zero-order valence-corrected chi connectivity index (χ0v) is 15.8. The van der Waals surface area contributed by atoms with Crippen molar-refractivity contribution in [2.45, 2.75) is 25.0 Å². The van der Waals surface area contributed by atoms with Gasteiger partial charge in [0.05, 0.1) is 11.9 Å². The highest BCUT2D eigenvalue weighted by atomic mass is 32.2. The van der Waals surface area contributed by atoms with Crippen molar-refractivity contribution in [3.05, 3.63) is 64.7 Å². The first-order valence-corrected chi connectivity index (χ1v) is 10.0. The number of hydrogen-bond acceptors (Lipinski definition) is 5. The van der Waals surface area contributed by atoms with E-state index in [1.807, 2.05) is 26.0 Å². The minimum absolute atomic E-state index is 0.294. The third-order valence-electron chi connectivity index (χ3n) is 3.86. The molecule has 2 aromatic heterocycles. The minimum Gasteiger partial charge on any atom is -0.340 e. The van der Waals surface area contributed by atoms with Gasteiger partial charge in [-0.3, -0.25) is 4.72 Å². The Morgan fingerprint density at radius 3 is 2.44 bits per heavy atom. The summed E-state index contributed by atoms with van der Waals surface area (Å²) < 4.78 is 27.5. The molecule has 0 aliphatic heterocycles. The van der Waals surface area contributed by atoms with E-state index in [0.29, 0.717) is 15.7 Å². The van der Waals surface area contributed by atoms with E-state index in [9.17, 15) is 8.42 Å². The van der Waals surface area contributed by atoms with Crippen LogP contribution in [-0.2, 0) is 10.0 Å². The van der Waals surface area contributed by atoms with Crippen molar-refractivity contribution in [1.29, 1.82) is 0 Å². The van der Waals surface area contributed by atoms with Gasteiger partial charge >= 0.3 is 0 Å². The fraction of sp³-hybridized carbons (Fsp3) is 0.167. The van der Waals surface area contributed by atoms with Crippen LogP contribution in [0.5, 0.6) is 0 Å². The fourth-order valence-corrected chi connectivity index (χ4v) is 4.64. The molecule has 0 aliphatic rings. The maximum absolute atomic E-state index is 12.3. The Morgan fingerprint density at radius 2 is 1.80 bits per heavy atom. The molecule has 0 radical (unpaired) electrons. The second kappa shape index (κ2) is 6.85. The summed E-state index contributed by atoms with van der Waals surface area (Å²) in [5, 5.41) is 3.25. The second-order valence-corrected chi connectivity index (χ2v) is 8.97. The molecule has 0 aliphatic carbocycles. The quantitative estimate of drug-likeness (QED) is 0.685. The average molecular weight is 374 g/mol. The Morgan fingerprint density at radius 1 is 1.00 bits per heavy atom. The predicted octanol–water partition coefficient (Wildman–Crippen LogP) is 4.61. The van der Waals surface area contributed by atoms with Crippen molar-refractivity contribution in [2.24, 2.45) is 0 Å². The molecule has 2 N–H and O–H groups in total. The van der Waals surface area contributed by atoms with Gasteiger partial charge in [0.1, 0.15) is 10.0 Å². The summed E-state index contributed by atoms with van der Waals surface area (Å²) in [5.41, 5.74) is 3.76. The number of sulfonamides is 1. The van der Waals surface area contributed by atoms with Crippen LogP contribution in [0, 0.1) is 20.8 Å². The Bertz CT molecular complexity index is 993. The number of anilines is 3. The number of hydrogen-bond donors (Lipinski definition) is 2. The van der Waals surface area contributed by atoms with E-state index in [1.165, 1.54) is 23.1 Å². The van der Waals surface area contributed by atoms with Crippen molar-refractivity contribution in [1.82, 2.24) is 4.98 Å². The van der Waals surface area contributed by atoms with Crippen LogP contribution < -0.4 is 10.0 Å². The number of thiophene rings is 1. The zero-order valence-electron chi connectivity index (χ0n) is 14.2. The van der Waals surface area contributed by atoms with Gasteiger partial charge in [0.2, 0.25) is 0 Å². The molecule has 3 aromatic rings. The number of benzene rings is 1. The van der Waals surface area contributed by atoms with E-state index in [2.05, 4.69) is 28.0 Å². The summed E-state index contributed by atoms with van der Waals surface area (Å²) >= 11 is 1.24. The Kier molecular flexibility index (Phi) is 4.78. The zero-order chi connectivity index (χ0) is 18.0. The highest BCUT2D eigenvalue weighted by Crippen LogP contribution is 2.25. The van der Waals surface area contributed by atoms with Crippen LogP contribution in [0.3, 0.4) is 0 Å². The third-order valence-corrected chi connectivity index (χ3v) is 6.74. The van der Waals surface area contributed by atoms with E-state index in [-0.39, 0.29) is 0 Å². The lowest BCUT2D eigenvalue weighted by molar-refractivity contribution is 0.603. The molecular weight excluding hydrogens is 354 g/mol. The highest BCUT2D eigenvalue weighted by Gasteiger charge is 2.16. The van der Waals surface area contributed by atoms with Crippen LogP contribution in [0.25, 0.3) is 0 Å². The summed E-state index contributed by atoms with van der Waals surface area (Å²) in [4.78, 5) is 5.24. The fourth-order valence-electron chi connectivity index (χ4n) is 2.31. The van der Waals surface area contributed by atoms with Crippen LogP contribution >= 0.6 is 11.3 Å². The molecule has 2 heterocycles. The van der Waals surface area contributed by atoms with Gasteiger partial charge < -0.3 is 5.32 Å². The summed E-state index contributed by atoms with van der Waals surface area (Å²) in [6.45, 7) is 5.97. The second-order valence-electron chi connectivity index (χ2n) is 5.78. The van der Waals surface area contributed by atoms with E-state index < -0.39 is 10.0 Å². The smallest absolute Gasteiger partial charge is 0.271 e. The lowest BCUT2D eigenvalue weighted by Crippen LogP contribution is -2.11. The molecule has 25 heavy (non-hydrogen) atoms. The Balaban J connectivity index is 1.75. The number of nitrogens with zero attached hydrogens (tertiary/aromatic N) is 1. The molecule has 0 saturated carbocycles. The van der Waals surface area contributed by atoms with Gasteiger partial charge in [0.15, 0.2) is 0 Å². The van der Waals surface area contributed by atoms with Gasteiger partial charge in [-0.2, -0.15) is 0 Å². The van der Waals surface area contributed by atoms with Crippen LogP contribution in [0.2, 0.25) is 0 Å². The van der Waals surface area contributed by atoms with Crippen molar-refractivity contribution < 1.29 is 8.42 Å². The summed E-state index contributed by atoms with van der Waals surface area (Å²) in [7, 11) is -3.57. The van der Waals surface area contributed by atoms with Gasteiger partial charge in [-0.25, -0.2) is 13.4 Å². The van der Waals surface area contributed by atoms with Crippen LogP contribution in [0.4, 0.5) is 17.2 Å². The van der Waals surface area contributed by atoms with Crippen LogP contribution in [0.15, 0.2) is 52.9 Å². The predicted molar refractivity (Wildman–Crippen MR) is 103 cm³/mol. The van der Waals surface area contributed by atoms with E-state index >= 15 is 0 Å². The summed E-state index contributed by atoms with van der Waals surface area (Å²) in [6, 6.07) is 12.9. The lowest BCUT2D eigenvalue weighted by Gasteiger charge is -2.11. The van der Waals surface area contributed by atoms with Gasteiger partial charge in [-0.05, 0) is 62.2 Å². The van der Waals surface area contributed by atoms with Gasteiger partial charge in [0, 0.05) is 10.6 Å². The van der Waals surface area contributed by atoms with Crippen molar-refractivity contribution in [3.63, 3.8) is 0 Å². The molecule has 0 unspecified atom stereocenters. The van der Waals surface area contributed by atoms with Crippen molar-refractivity contribution >= 4 is 38.6 Å². The van der Waals surface area contributed by atoms with Crippen LogP contribution in [0.1, 0.15) is 16.0 Å². The highest BCUT2D eigenvalue weighted by molar-refractivity contribution is 7.94. The van der Waals surface area contributed by atoms with Crippen molar-refractivity contribution in [3.8, 4) is 0 Å². The molecule has 0 amide bonds. The molecule has 130 valence electrons. The Hall–Kier alpha value is -2.38.